The van der Waals surface area contributed by atoms with E-state index < -0.39 is 0 Å². The number of rotatable bonds is 6. The quantitative estimate of drug-likeness (QED) is 0.777. The highest BCUT2D eigenvalue weighted by molar-refractivity contribution is 5.97. The van der Waals surface area contributed by atoms with Gasteiger partial charge < -0.3 is 10.3 Å². The Kier molecular flexibility index (Phi) is 4.37. The minimum Gasteiger partial charge on any atom is -0.369 e. The number of nitrogens with zero attached hydrogens (tertiary/aromatic N) is 2. The molecule has 19 heavy (non-hydrogen) atoms. The predicted octanol–water partition coefficient (Wildman–Crippen LogP) is 0.938. The third-order valence-electron chi connectivity index (χ3n) is 3.70. The van der Waals surface area contributed by atoms with Gasteiger partial charge in [-0.1, -0.05) is 12.8 Å². The van der Waals surface area contributed by atoms with Crippen LogP contribution >= 0.6 is 0 Å². The van der Waals surface area contributed by atoms with Crippen LogP contribution in [0.25, 0.3) is 0 Å². The topological polar surface area (TPSA) is 68.3 Å². The summed E-state index contributed by atoms with van der Waals surface area (Å²) < 4.78 is 1.85. The van der Waals surface area contributed by atoms with Crippen LogP contribution in [-0.4, -0.2) is 40.3 Å². The molecule has 1 aliphatic carbocycles. The number of amides is 1. The predicted molar refractivity (Wildman–Crippen MR) is 72.8 cm³/mol. The van der Waals surface area contributed by atoms with Gasteiger partial charge in [-0.25, -0.2) is 0 Å². The van der Waals surface area contributed by atoms with Crippen LogP contribution in [0.1, 0.15) is 36.0 Å². The van der Waals surface area contributed by atoms with Crippen molar-refractivity contribution in [1.29, 1.82) is 0 Å². The monoisotopic (exact) mass is 263 g/mol. The van der Waals surface area contributed by atoms with Crippen LogP contribution in [0.2, 0.25) is 0 Å². The molecule has 0 atom stereocenters. The number of ketones is 1. The van der Waals surface area contributed by atoms with Crippen molar-refractivity contribution in [1.82, 2.24) is 9.47 Å². The first-order valence-corrected chi connectivity index (χ1v) is 6.74. The molecule has 5 heteroatoms. The van der Waals surface area contributed by atoms with Gasteiger partial charge in [0.25, 0.3) is 0 Å². The van der Waals surface area contributed by atoms with Gasteiger partial charge >= 0.3 is 0 Å². The molecule has 0 aromatic carbocycles. The van der Waals surface area contributed by atoms with Crippen molar-refractivity contribution in [3.63, 3.8) is 0 Å². The summed E-state index contributed by atoms with van der Waals surface area (Å²) in [7, 11) is 1.88. The van der Waals surface area contributed by atoms with E-state index >= 15 is 0 Å². The average molecular weight is 263 g/mol. The minimum absolute atomic E-state index is 0.0498. The molecule has 104 valence electrons. The van der Waals surface area contributed by atoms with Crippen LogP contribution in [0.3, 0.4) is 0 Å². The SMILES string of the molecule is Cn1ccc(C(=O)CN(CC(N)=O)C2CCCC2)c1. The van der Waals surface area contributed by atoms with E-state index in [-0.39, 0.29) is 24.8 Å². The van der Waals surface area contributed by atoms with E-state index in [0.717, 1.165) is 12.8 Å². The summed E-state index contributed by atoms with van der Waals surface area (Å²) in [5.41, 5.74) is 5.97. The second-order valence-electron chi connectivity index (χ2n) is 5.30. The number of aryl methyl sites for hydroxylation is 1. The minimum atomic E-state index is -0.368. The van der Waals surface area contributed by atoms with E-state index in [0.29, 0.717) is 11.6 Å². The summed E-state index contributed by atoms with van der Waals surface area (Å²) in [4.78, 5) is 25.3. The standard InChI is InChI=1S/C14H21N3O2/c1-16-7-6-11(8-16)13(18)9-17(10-14(15)19)12-4-2-3-5-12/h6-8,12H,2-5,9-10H2,1H3,(H2,15,19). The van der Waals surface area contributed by atoms with Crippen LogP contribution in [0, 0.1) is 0 Å². The number of hydrogen-bond donors (Lipinski definition) is 1. The molecule has 0 radical (unpaired) electrons. The van der Waals surface area contributed by atoms with Gasteiger partial charge in [0, 0.05) is 31.0 Å². The lowest BCUT2D eigenvalue weighted by Crippen LogP contribution is -2.43. The first-order valence-electron chi connectivity index (χ1n) is 6.74. The van der Waals surface area contributed by atoms with Crippen LogP contribution < -0.4 is 5.73 Å². The molecular weight excluding hydrogens is 242 g/mol. The summed E-state index contributed by atoms with van der Waals surface area (Å²) in [6.07, 6.45) is 8.09. The molecular formula is C14H21N3O2. The fraction of sp³-hybridized carbons (Fsp3) is 0.571. The smallest absolute Gasteiger partial charge is 0.231 e. The van der Waals surface area contributed by atoms with Crippen molar-refractivity contribution >= 4 is 11.7 Å². The van der Waals surface area contributed by atoms with Crippen LogP contribution in [0.5, 0.6) is 0 Å². The number of carbonyl (C=O) groups is 2. The fourth-order valence-electron chi connectivity index (χ4n) is 2.73. The van der Waals surface area contributed by atoms with Crippen LogP contribution in [0.4, 0.5) is 0 Å². The highest BCUT2D eigenvalue weighted by Crippen LogP contribution is 2.23. The first-order chi connectivity index (χ1) is 9.06. The molecule has 1 saturated carbocycles. The van der Waals surface area contributed by atoms with E-state index in [1.165, 1.54) is 12.8 Å². The molecule has 0 spiro atoms. The third-order valence-corrected chi connectivity index (χ3v) is 3.70. The van der Waals surface area contributed by atoms with Gasteiger partial charge in [-0.2, -0.15) is 0 Å². The summed E-state index contributed by atoms with van der Waals surface area (Å²) in [6.45, 7) is 0.445. The van der Waals surface area contributed by atoms with Crippen LogP contribution in [-0.2, 0) is 11.8 Å². The molecule has 2 N–H and O–H groups in total. The molecule has 1 amide bonds. The molecule has 2 rings (SSSR count). The van der Waals surface area contributed by atoms with Gasteiger partial charge in [0.1, 0.15) is 0 Å². The number of primary amides is 1. The number of hydrogen-bond acceptors (Lipinski definition) is 3. The van der Waals surface area contributed by atoms with Gasteiger partial charge in [-0.15, -0.1) is 0 Å². The van der Waals surface area contributed by atoms with Crippen molar-refractivity contribution in [2.24, 2.45) is 12.8 Å². The van der Waals surface area contributed by atoms with E-state index in [9.17, 15) is 9.59 Å². The van der Waals surface area contributed by atoms with E-state index in [1.807, 2.05) is 22.7 Å². The molecule has 1 heterocycles. The van der Waals surface area contributed by atoms with Gasteiger partial charge in [0.05, 0.1) is 13.1 Å². The normalized spacial score (nSPS) is 16.1. The Morgan fingerprint density at radius 2 is 2.05 bits per heavy atom. The maximum atomic E-state index is 12.2. The number of nitrogens with two attached hydrogens (primary N) is 1. The van der Waals surface area contributed by atoms with Crippen LogP contribution in [0.15, 0.2) is 18.5 Å². The van der Waals surface area contributed by atoms with Gasteiger partial charge in [-0.05, 0) is 18.9 Å². The average Bonchev–Trinajstić information content (AvgIpc) is 2.97. The zero-order valence-corrected chi connectivity index (χ0v) is 11.3. The summed E-state index contributed by atoms with van der Waals surface area (Å²) in [6, 6.07) is 2.12. The molecule has 0 aliphatic heterocycles. The van der Waals surface area contributed by atoms with E-state index in [2.05, 4.69) is 0 Å². The van der Waals surface area contributed by atoms with Crippen molar-refractivity contribution in [2.75, 3.05) is 13.1 Å². The number of Topliss-reactive ketones (excluding diaryl/α,β-unsaturated/α-hetero) is 1. The van der Waals surface area contributed by atoms with Gasteiger partial charge in [-0.3, -0.25) is 14.5 Å². The molecule has 1 fully saturated rings. The Morgan fingerprint density at radius 1 is 1.37 bits per heavy atom. The van der Waals surface area contributed by atoms with Crippen molar-refractivity contribution < 1.29 is 9.59 Å². The highest BCUT2D eigenvalue weighted by atomic mass is 16.1. The van der Waals surface area contributed by atoms with E-state index in [4.69, 9.17) is 5.73 Å². The fourth-order valence-corrected chi connectivity index (χ4v) is 2.73. The highest BCUT2D eigenvalue weighted by Gasteiger charge is 2.25. The van der Waals surface area contributed by atoms with Gasteiger partial charge in [0.15, 0.2) is 5.78 Å². The molecule has 0 bridgehead atoms. The lowest BCUT2D eigenvalue weighted by atomic mass is 10.1. The lowest BCUT2D eigenvalue weighted by Gasteiger charge is -2.26. The van der Waals surface area contributed by atoms with Crippen molar-refractivity contribution in [3.05, 3.63) is 24.0 Å². The number of aromatic nitrogens is 1. The number of carbonyl (C=O) groups excluding carboxylic acids is 2. The lowest BCUT2D eigenvalue weighted by molar-refractivity contribution is -0.119. The summed E-state index contributed by atoms with van der Waals surface area (Å²) in [5, 5.41) is 0. The summed E-state index contributed by atoms with van der Waals surface area (Å²) >= 11 is 0. The zero-order valence-electron chi connectivity index (χ0n) is 11.3. The molecule has 5 nitrogen and oxygen atoms in total. The molecule has 1 aromatic rings. The second kappa shape index (κ2) is 6.02. The molecule has 0 unspecified atom stereocenters. The first kappa shape index (κ1) is 13.8. The molecule has 0 saturated heterocycles. The zero-order chi connectivity index (χ0) is 13.8. The molecule has 1 aliphatic rings. The maximum absolute atomic E-state index is 12.2. The Bertz CT molecular complexity index is 461. The summed E-state index contributed by atoms with van der Waals surface area (Å²) in [5.74, 6) is -0.318. The largest absolute Gasteiger partial charge is 0.369 e. The van der Waals surface area contributed by atoms with Crippen molar-refractivity contribution in [3.8, 4) is 0 Å². The van der Waals surface area contributed by atoms with Crippen molar-refractivity contribution in [2.45, 2.75) is 31.7 Å². The third kappa shape index (κ3) is 3.67. The van der Waals surface area contributed by atoms with Gasteiger partial charge in [0.2, 0.25) is 5.91 Å². The second-order valence-corrected chi connectivity index (χ2v) is 5.30. The molecule has 1 aromatic heterocycles. The Balaban J connectivity index is 2.02. The Labute approximate surface area is 113 Å². The maximum Gasteiger partial charge on any atom is 0.231 e. The Hall–Kier alpha value is -1.62. The Morgan fingerprint density at radius 3 is 2.58 bits per heavy atom. The van der Waals surface area contributed by atoms with E-state index in [1.54, 1.807) is 12.3 Å².